The van der Waals surface area contributed by atoms with E-state index in [1.54, 1.807) is 13.8 Å². The highest BCUT2D eigenvalue weighted by Gasteiger charge is 2.67. The van der Waals surface area contributed by atoms with E-state index in [1.165, 1.54) is 5.57 Å². The SMILES string of the molecule is CC(C)C1=C2C3CCC4C(C)(CCC5C(C)(C)C(OC(=O)CC(C)(C)C(=O)O)CCC54C)C3CCC2(C(O)CN2CCCC(O)C2)CC1=O. The molecule has 6 rings (SSSR count). The molecule has 4 saturated carbocycles. The lowest BCUT2D eigenvalue weighted by molar-refractivity contribution is -0.214. The Labute approximate surface area is 294 Å². The van der Waals surface area contributed by atoms with E-state index in [4.69, 9.17) is 4.74 Å². The molecule has 0 amide bonds. The summed E-state index contributed by atoms with van der Waals surface area (Å²) in [4.78, 5) is 40.9. The molecule has 1 aliphatic heterocycles. The summed E-state index contributed by atoms with van der Waals surface area (Å²) < 4.78 is 6.14. The number of carbonyl (C=O) groups is 3. The van der Waals surface area contributed by atoms with Gasteiger partial charge in [-0.05, 0) is 131 Å². The zero-order chi connectivity index (χ0) is 35.9. The molecule has 8 nitrogen and oxygen atoms in total. The minimum atomic E-state index is -1.16. The number of allylic oxidation sites excluding steroid dienone is 1. The standard InChI is InChI=1S/C41H65NO7/c1-24(2)34-28(44)20-41(31(45)23-42-19-9-10-25(43)22-42)18-13-27-26(35(34)41)11-12-30-39(27,7)16-14-29-38(5,6)32(15-17-40(29,30)8)49-33(46)21-37(3,4)36(47)48/h24-27,29-32,43,45H,9-23H2,1-8H3,(H,47,48). The van der Waals surface area contributed by atoms with Gasteiger partial charge in [-0.15, -0.1) is 0 Å². The van der Waals surface area contributed by atoms with Crippen molar-refractivity contribution in [1.82, 2.24) is 4.90 Å². The van der Waals surface area contributed by atoms with E-state index in [0.29, 0.717) is 43.2 Å². The average Bonchev–Trinajstić information content (AvgIpc) is 3.32. The zero-order valence-corrected chi connectivity index (χ0v) is 31.6. The van der Waals surface area contributed by atoms with E-state index in [2.05, 4.69) is 46.4 Å². The zero-order valence-electron chi connectivity index (χ0n) is 31.6. The van der Waals surface area contributed by atoms with E-state index in [1.807, 2.05) is 0 Å². The molecule has 10 unspecified atom stereocenters. The van der Waals surface area contributed by atoms with Crippen LogP contribution in [0.3, 0.4) is 0 Å². The molecule has 0 spiro atoms. The number of carbonyl (C=O) groups excluding carboxylic acids is 2. The maximum absolute atomic E-state index is 13.9. The van der Waals surface area contributed by atoms with Gasteiger partial charge < -0.3 is 20.1 Å². The number of ether oxygens (including phenoxy) is 1. The van der Waals surface area contributed by atoms with Crippen LogP contribution in [0.15, 0.2) is 11.1 Å². The summed E-state index contributed by atoms with van der Waals surface area (Å²) in [6.07, 6.45) is 8.83. The van der Waals surface area contributed by atoms with Crippen LogP contribution in [0.25, 0.3) is 0 Å². The van der Waals surface area contributed by atoms with Gasteiger partial charge in [-0.25, -0.2) is 0 Å². The van der Waals surface area contributed by atoms with E-state index in [9.17, 15) is 29.7 Å². The minimum Gasteiger partial charge on any atom is -0.481 e. The second kappa shape index (κ2) is 12.7. The number of piperidine rings is 1. The number of esters is 1. The minimum absolute atomic E-state index is 0.0919. The number of β-amino-alcohol motifs (C(OH)–C–C–N with tert-alkyl or cyclic N) is 2. The second-order valence-electron chi connectivity index (χ2n) is 19.5. The summed E-state index contributed by atoms with van der Waals surface area (Å²) in [5.74, 6) is 0.650. The number of nitrogens with zero attached hydrogens (tertiary/aromatic N) is 1. The van der Waals surface area contributed by atoms with Gasteiger partial charge >= 0.3 is 11.9 Å². The van der Waals surface area contributed by atoms with Crippen LogP contribution in [0.4, 0.5) is 0 Å². The molecule has 5 aliphatic carbocycles. The Kier molecular flexibility index (Phi) is 9.60. The van der Waals surface area contributed by atoms with Crippen molar-refractivity contribution in [2.75, 3.05) is 19.6 Å². The molecule has 0 aromatic rings. The lowest BCUT2D eigenvalue weighted by Crippen LogP contribution is -2.63. The number of carboxylic acids is 1. The van der Waals surface area contributed by atoms with Crippen LogP contribution in [-0.4, -0.2) is 75.9 Å². The number of carboxylic acid groups (broad SMARTS) is 1. The summed E-state index contributed by atoms with van der Waals surface area (Å²) >= 11 is 0. The van der Waals surface area contributed by atoms with Gasteiger partial charge in [-0.3, -0.25) is 19.3 Å². The fourth-order valence-corrected chi connectivity index (χ4v) is 13.2. The number of likely N-dealkylation sites (tertiary alicyclic amines) is 1. The molecular weight excluding hydrogens is 618 g/mol. The first-order chi connectivity index (χ1) is 22.8. The molecule has 276 valence electrons. The molecule has 1 heterocycles. The maximum atomic E-state index is 13.9. The number of ketones is 1. The van der Waals surface area contributed by atoms with Crippen LogP contribution < -0.4 is 0 Å². The van der Waals surface area contributed by atoms with Gasteiger partial charge in [0.15, 0.2) is 5.78 Å². The summed E-state index contributed by atoms with van der Waals surface area (Å²) in [5, 5.41) is 32.1. The highest BCUT2D eigenvalue weighted by molar-refractivity contribution is 6.00. The van der Waals surface area contributed by atoms with E-state index >= 15 is 0 Å². The number of aliphatic carboxylic acids is 1. The van der Waals surface area contributed by atoms with Gasteiger partial charge in [0.05, 0.1) is 24.0 Å². The maximum Gasteiger partial charge on any atom is 0.309 e. The Morgan fingerprint density at radius 2 is 1.65 bits per heavy atom. The van der Waals surface area contributed by atoms with Crippen molar-refractivity contribution in [3.8, 4) is 0 Å². The van der Waals surface area contributed by atoms with Gasteiger partial charge in [-0.1, -0.05) is 47.1 Å². The molecule has 49 heavy (non-hydrogen) atoms. The van der Waals surface area contributed by atoms with Crippen LogP contribution >= 0.6 is 0 Å². The largest absolute Gasteiger partial charge is 0.481 e. The molecule has 1 saturated heterocycles. The first kappa shape index (κ1) is 37.0. The van der Waals surface area contributed by atoms with Gasteiger partial charge in [0.2, 0.25) is 0 Å². The van der Waals surface area contributed by atoms with E-state index in [-0.39, 0.29) is 46.6 Å². The van der Waals surface area contributed by atoms with E-state index in [0.717, 1.165) is 76.3 Å². The fraction of sp³-hybridized carbons (Fsp3) is 0.878. The average molecular weight is 684 g/mol. The first-order valence-corrected chi connectivity index (χ1v) is 19.6. The third-order valence-electron chi connectivity index (χ3n) is 15.6. The number of fused-ring (bicyclic) bond motifs is 7. The number of hydrogen-bond donors (Lipinski definition) is 3. The third kappa shape index (κ3) is 5.96. The van der Waals surface area contributed by atoms with Crippen molar-refractivity contribution in [2.24, 2.45) is 56.7 Å². The van der Waals surface area contributed by atoms with Crippen LogP contribution in [0.2, 0.25) is 0 Å². The summed E-state index contributed by atoms with van der Waals surface area (Å²) in [7, 11) is 0. The number of aliphatic hydroxyl groups excluding tert-OH is 2. The Morgan fingerprint density at radius 3 is 2.31 bits per heavy atom. The Bertz CT molecular complexity index is 1370. The Hall–Kier alpha value is -1.77. The molecule has 5 fully saturated rings. The number of rotatable bonds is 8. The quantitative estimate of drug-likeness (QED) is 0.239. The van der Waals surface area contributed by atoms with Crippen molar-refractivity contribution in [2.45, 2.75) is 151 Å². The molecule has 10 atom stereocenters. The highest BCUT2D eigenvalue weighted by atomic mass is 16.5. The van der Waals surface area contributed by atoms with Gasteiger partial charge in [0.25, 0.3) is 0 Å². The number of aliphatic hydroxyl groups is 2. The van der Waals surface area contributed by atoms with Crippen LogP contribution in [-0.2, 0) is 19.1 Å². The summed E-state index contributed by atoms with van der Waals surface area (Å²) in [5.41, 5.74) is 0.637. The van der Waals surface area contributed by atoms with E-state index < -0.39 is 28.9 Å². The third-order valence-corrected chi connectivity index (χ3v) is 15.6. The Balaban J connectivity index is 1.25. The highest BCUT2D eigenvalue weighted by Crippen LogP contribution is 2.73. The lowest BCUT2D eigenvalue weighted by atomic mass is 9.36. The van der Waals surface area contributed by atoms with Crippen LogP contribution in [0.5, 0.6) is 0 Å². The molecule has 0 bridgehead atoms. The lowest BCUT2D eigenvalue weighted by Gasteiger charge is -2.69. The topological polar surface area (TPSA) is 124 Å². The monoisotopic (exact) mass is 683 g/mol. The molecular formula is C41H65NO7. The summed E-state index contributed by atoms with van der Waals surface area (Å²) in [6, 6.07) is 0. The van der Waals surface area contributed by atoms with Crippen LogP contribution in [0, 0.1) is 56.7 Å². The fourth-order valence-electron chi connectivity index (χ4n) is 13.2. The van der Waals surface area contributed by atoms with Crippen molar-refractivity contribution in [1.29, 1.82) is 0 Å². The first-order valence-electron chi connectivity index (χ1n) is 19.6. The number of hydrogen-bond acceptors (Lipinski definition) is 7. The van der Waals surface area contributed by atoms with Crippen molar-refractivity contribution < 1.29 is 34.4 Å². The molecule has 6 aliphatic rings. The predicted octanol–water partition coefficient (Wildman–Crippen LogP) is 6.81. The van der Waals surface area contributed by atoms with Gasteiger partial charge in [0.1, 0.15) is 6.10 Å². The second-order valence-corrected chi connectivity index (χ2v) is 19.5. The summed E-state index contributed by atoms with van der Waals surface area (Å²) in [6.45, 7) is 19.1. The molecule has 0 aromatic carbocycles. The van der Waals surface area contributed by atoms with Crippen molar-refractivity contribution in [3.63, 3.8) is 0 Å². The molecule has 0 aromatic heterocycles. The van der Waals surface area contributed by atoms with Gasteiger partial charge in [-0.2, -0.15) is 0 Å². The predicted molar refractivity (Wildman–Crippen MR) is 188 cm³/mol. The molecule has 3 N–H and O–H groups in total. The normalized spacial score (nSPS) is 41.4. The Morgan fingerprint density at radius 1 is 0.959 bits per heavy atom. The number of Topliss-reactive ketones (excluding diaryl/α,β-unsaturated/α-hetero) is 1. The molecule has 0 radical (unpaired) electrons. The van der Waals surface area contributed by atoms with Crippen molar-refractivity contribution in [3.05, 3.63) is 11.1 Å². The van der Waals surface area contributed by atoms with Crippen molar-refractivity contribution >= 4 is 17.7 Å². The smallest absolute Gasteiger partial charge is 0.309 e. The van der Waals surface area contributed by atoms with Gasteiger partial charge in [0, 0.05) is 30.3 Å². The van der Waals surface area contributed by atoms with Crippen LogP contribution in [0.1, 0.15) is 132 Å². The molecule has 8 heteroatoms.